The highest BCUT2D eigenvalue weighted by Crippen LogP contribution is 2.24. The lowest BCUT2D eigenvalue weighted by Crippen LogP contribution is -2.49. The Bertz CT molecular complexity index is 882. The molecule has 29 heavy (non-hydrogen) atoms. The topological polar surface area (TPSA) is 58.6 Å². The summed E-state index contributed by atoms with van der Waals surface area (Å²) in [6.45, 7) is 7.93. The van der Waals surface area contributed by atoms with Gasteiger partial charge >= 0.3 is 0 Å². The van der Waals surface area contributed by atoms with E-state index in [9.17, 15) is 9.59 Å². The lowest BCUT2D eigenvalue weighted by Gasteiger charge is -2.30. The van der Waals surface area contributed by atoms with E-state index in [-0.39, 0.29) is 25.0 Å². The van der Waals surface area contributed by atoms with Gasteiger partial charge in [-0.25, -0.2) is 0 Å². The van der Waals surface area contributed by atoms with E-state index >= 15 is 0 Å². The van der Waals surface area contributed by atoms with E-state index in [2.05, 4.69) is 11.4 Å². The number of rotatable bonds is 8. The van der Waals surface area contributed by atoms with E-state index < -0.39 is 6.04 Å². The number of hydrogen-bond acceptors (Lipinski definition) is 3. The van der Waals surface area contributed by atoms with Crippen LogP contribution in [0, 0.1) is 20.8 Å². The molecule has 0 bridgehead atoms. The standard InChI is InChI=1S/C23H29ClN2O3/c1-6-20(23(28)25-5)26(13-18-9-7-8-10-19(18)24)22(27)14-29-21-12-15(2)11-16(3)17(21)4/h7-12,20H,6,13-14H2,1-5H3,(H,25,28)/t20-/m1/s1. The maximum Gasteiger partial charge on any atom is 0.261 e. The molecule has 0 aliphatic heterocycles. The third kappa shape index (κ3) is 5.73. The molecule has 2 aromatic rings. The Morgan fingerprint density at radius 3 is 2.48 bits per heavy atom. The summed E-state index contributed by atoms with van der Waals surface area (Å²) < 4.78 is 5.86. The quantitative estimate of drug-likeness (QED) is 0.701. The van der Waals surface area contributed by atoms with Gasteiger partial charge in [0.15, 0.2) is 6.61 Å². The van der Waals surface area contributed by atoms with Crippen molar-refractivity contribution in [2.24, 2.45) is 0 Å². The van der Waals surface area contributed by atoms with Crippen molar-refractivity contribution >= 4 is 23.4 Å². The van der Waals surface area contributed by atoms with Gasteiger partial charge in [-0.2, -0.15) is 0 Å². The molecular formula is C23H29ClN2O3. The summed E-state index contributed by atoms with van der Waals surface area (Å²) >= 11 is 6.29. The Morgan fingerprint density at radius 1 is 1.17 bits per heavy atom. The van der Waals surface area contributed by atoms with Gasteiger partial charge in [-0.15, -0.1) is 0 Å². The number of benzene rings is 2. The summed E-state index contributed by atoms with van der Waals surface area (Å²) in [6, 6.07) is 10.7. The molecule has 0 unspecified atom stereocenters. The minimum Gasteiger partial charge on any atom is -0.483 e. The summed E-state index contributed by atoms with van der Waals surface area (Å²) in [7, 11) is 1.57. The normalized spacial score (nSPS) is 11.7. The number of aryl methyl sites for hydroxylation is 2. The molecular weight excluding hydrogens is 388 g/mol. The second-order valence-electron chi connectivity index (χ2n) is 7.14. The molecule has 0 radical (unpaired) electrons. The maximum atomic E-state index is 13.1. The molecule has 1 N–H and O–H groups in total. The number of nitrogens with one attached hydrogen (secondary N) is 1. The van der Waals surface area contributed by atoms with Crippen molar-refractivity contribution in [3.8, 4) is 5.75 Å². The third-order valence-electron chi connectivity index (χ3n) is 5.05. The van der Waals surface area contributed by atoms with Crippen LogP contribution in [0.3, 0.4) is 0 Å². The fourth-order valence-electron chi connectivity index (χ4n) is 3.27. The average Bonchev–Trinajstić information content (AvgIpc) is 2.70. The summed E-state index contributed by atoms with van der Waals surface area (Å²) in [4.78, 5) is 27.1. The van der Waals surface area contributed by atoms with Gasteiger partial charge in [0.25, 0.3) is 5.91 Å². The number of ether oxygens (including phenoxy) is 1. The van der Waals surface area contributed by atoms with E-state index in [0.717, 1.165) is 22.3 Å². The van der Waals surface area contributed by atoms with E-state index in [0.29, 0.717) is 17.2 Å². The lowest BCUT2D eigenvalue weighted by molar-refractivity contribution is -0.142. The molecule has 1 atom stereocenters. The van der Waals surface area contributed by atoms with E-state index in [1.165, 1.54) is 4.90 Å². The predicted octanol–water partition coefficient (Wildman–Crippen LogP) is 4.20. The highest BCUT2D eigenvalue weighted by molar-refractivity contribution is 6.31. The van der Waals surface area contributed by atoms with Crippen LogP contribution in [0.25, 0.3) is 0 Å². The van der Waals surface area contributed by atoms with Gasteiger partial charge in [-0.05, 0) is 61.6 Å². The number of hydrogen-bond donors (Lipinski definition) is 1. The molecule has 0 aromatic heterocycles. The summed E-state index contributed by atoms with van der Waals surface area (Å²) in [5, 5.41) is 3.20. The minimum absolute atomic E-state index is 0.151. The van der Waals surface area contributed by atoms with Gasteiger partial charge < -0.3 is 15.0 Å². The van der Waals surface area contributed by atoms with Crippen molar-refractivity contribution in [3.05, 3.63) is 63.7 Å². The smallest absolute Gasteiger partial charge is 0.261 e. The molecule has 5 nitrogen and oxygen atoms in total. The van der Waals surface area contributed by atoms with Crippen molar-refractivity contribution in [1.29, 1.82) is 0 Å². The van der Waals surface area contributed by atoms with E-state index in [1.807, 2.05) is 52.0 Å². The largest absolute Gasteiger partial charge is 0.483 e. The maximum absolute atomic E-state index is 13.1. The van der Waals surface area contributed by atoms with Crippen LogP contribution in [0.5, 0.6) is 5.75 Å². The first kappa shape index (κ1) is 22.8. The second kappa shape index (κ2) is 10.3. The molecule has 0 spiro atoms. The Hall–Kier alpha value is -2.53. The van der Waals surface area contributed by atoms with Crippen molar-refractivity contribution < 1.29 is 14.3 Å². The zero-order valence-electron chi connectivity index (χ0n) is 17.7. The molecule has 156 valence electrons. The molecule has 2 rings (SSSR count). The Morgan fingerprint density at radius 2 is 1.86 bits per heavy atom. The highest BCUT2D eigenvalue weighted by Gasteiger charge is 2.28. The SMILES string of the molecule is CC[C@H](C(=O)NC)N(Cc1ccccc1Cl)C(=O)COc1cc(C)cc(C)c1C. The predicted molar refractivity (Wildman–Crippen MR) is 116 cm³/mol. The van der Waals surface area contributed by atoms with Gasteiger partial charge in [-0.1, -0.05) is 42.8 Å². The Balaban J connectivity index is 2.26. The number of likely N-dealkylation sites (N-methyl/N-ethyl adjacent to an activating group) is 1. The van der Waals surface area contributed by atoms with Crippen LogP contribution in [-0.2, 0) is 16.1 Å². The minimum atomic E-state index is -0.604. The molecule has 0 saturated heterocycles. The van der Waals surface area contributed by atoms with E-state index in [1.54, 1.807) is 13.1 Å². The van der Waals surface area contributed by atoms with Crippen LogP contribution in [0.1, 0.15) is 35.6 Å². The van der Waals surface area contributed by atoms with E-state index in [4.69, 9.17) is 16.3 Å². The average molecular weight is 417 g/mol. The van der Waals surface area contributed by atoms with Crippen LogP contribution in [0.15, 0.2) is 36.4 Å². The van der Waals surface area contributed by atoms with Crippen molar-refractivity contribution in [3.63, 3.8) is 0 Å². The number of carbonyl (C=O) groups excluding carboxylic acids is 2. The lowest BCUT2D eigenvalue weighted by atomic mass is 10.1. The molecule has 6 heteroatoms. The van der Waals surface area contributed by atoms with Crippen molar-refractivity contribution in [1.82, 2.24) is 10.2 Å². The molecule has 0 heterocycles. The van der Waals surface area contributed by atoms with Crippen LogP contribution in [0.4, 0.5) is 0 Å². The zero-order chi connectivity index (χ0) is 21.6. The van der Waals surface area contributed by atoms with Crippen molar-refractivity contribution in [2.45, 2.75) is 46.7 Å². The van der Waals surface area contributed by atoms with Gasteiger partial charge in [0.2, 0.25) is 5.91 Å². The van der Waals surface area contributed by atoms with Crippen LogP contribution < -0.4 is 10.1 Å². The van der Waals surface area contributed by atoms with Gasteiger partial charge in [0.05, 0.1) is 0 Å². The van der Waals surface area contributed by atoms with Gasteiger partial charge in [0.1, 0.15) is 11.8 Å². The monoisotopic (exact) mass is 416 g/mol. The van der Waals surface area contributed by atoms with Crippen LogP contribution in [-0.4, -0.2) is 36.4 Å². The highest BCUT2D eigenvalue weighted by atomic mass is 35.5. The van der Waals surface area contributed by atoms with Crippen molar-refractivity contribution in [2.75, 3.05) is 13.7 Å². The number of carbonyl (C=O) groups is 2. The number of nitrogens with zero attached hydrogens (tertiary/aromatic N) is 1. The van der Waals surface area contributed by atoms with Gasteiger partial charge in [0, 0.05) is 18.6 Å². The van der Waals surface area contributed by atoms with Crippen LogP contribution >= 0.6 is 11.6 Å². The first-order chi connectivity index (χ1) is 13.8. The first-order valence-corrected chi connectivity index (χ1v) is 10.1. The summed E-state index contributed by atoms with van der Waals surface area (Å²) in [5.41, 5.74) is 3.96. The molecule has 0 saturated carbocycles. The fourth-order valence-corrected chi connectivity index (χ4v) is 3.46. The first-order valence-electron chi connectivity index (χ1n) is 9.73. The Labute approximate surface area is 178 Å². The third-order valence-corrected chi connectivity index (χ3v) is 5.41. The van der Waals surface area contributed by atoms with Gasteiger partial charge in [-0.3, -0.25) is 9.59 Å². The Kier molecular flexibility index (Phi) is 8.09. The van der Waals surface area contributed by atoms with Crippen LogP contribution in [0.2, 0.25) is 5.02 Å². The zero-order valence-corrected chi connectivity index (χ0v) is 18.5. The summed E-state index contributed by atoms with van der Waals surface area (Å²) in [5.74, 6) is 0.205. The molecule has 2 amide bonds. The second-order valence-corrected chi connectivity index (χ2v) is 7.55. The number of halogens is 1. The fraction of sp³-hybridized carbons (Fsp3) is 0.391. The molecule has 0 aliphatic carbocycles. The molecule has 2 aromatic carbocycles. The molecule has 0 fully saturated rings. The molecule has 0 aliphatic rings. The number of amides is 2. The summed E-state index contributed by atoms with van der Waals surface area (Å²) in [6.07, 6.45) is 0.485.